The lowest BCUT2D eigenvalue weighted by Gasteiger charge is -2.07. The molecule has 94 valence electrons. The number of rotatable bonds is 5. The average Bonchev–Trinajstić information content (AvgIpc) is 2.39. The van der Waals surface area contributed by atoms with Crippen LogP contribution >= 0.6 is 11.8 Å². The summed E-state index contributed by atoms with van der Waals surface area (Å²) in [6.45, 7) is 2.47. The highest BCUT2D eigenvalue weighted by Crippen LogP contribution is 2.16. The standard InChI is InChI=1S/C13H14FN3S/c1-2-18-13-9-15-8-12(17-13)16-7-10-5-3-4-6-11(10)14/h3-6,8-9H,2,7H2,1H3,(H,16,17). The summed E-state index contributed by atoms with van der Waals surface area (Å²) in [4.78, 5) is 8.47. The lowest BCUT2D eigenvalue weighted by atomic mass is 10.2. The first-order valence-corrected chi connectivity index (χ1v) is 6.70. The van der Waals surface area contributed by atoms with Crippen molar-refractivity contribution in [2.75, 3.05) is 11.1 Å². The van der Waals surface area contributed by atoms with Crippen LogP contribution in [0.5, 0.6) is 0 Å². The van der Waals surface area contributed by atoms with Crippen LogP contribution in [0.15, 0.2) is 41.7 Å². The van der Waals surface area contributed by atoms with Crippen LogP contribution in [0.3, 0.4) is 0 Å². The van der Waals surface area contributed by atoms with E-state index in [1.165, 1.54) is 6.07 Å². The van der Waals surface area contributed by atoms with Crippen molar-refractivity contribution < 1.29 is 4.39 Å². The molecule has 0 bridgehead atoms. The first-order chi connectivity index (χ1) is 8.79. The second-order valence-corrected chi connectivity index (χ2v) is 4.90. The minimum atomic E-state index is -0.211. The summed E-state index contributed by atoms with van der Waals surface area (Å²) in [6, 6.07) is 6.69. The zero-order valence-electron chi connectivity index (χ0n) is 10.1. The molecule has 0 aliphatic rings. The molecule has 0 radical (unpaired) electrons. The van der Waals surface area contributed by atoms with Crippen LogP contribution in [0.25, 0.3) is 0 Å². The van der Waals surface area contributed by atoms with E-state index in [4.69, 9.17) is 0 Å². The Kier molecular flexibility index (Phi) is 4.52. The summed E-state index contributed by atoms with van der Waals surface area (Å²) in [5, 5.41) is 3.94. The first-order valence-electron chi connectivity index (χ1n) is 5.71. The average molecular weight is 263 g/mol. The molecule has 0 aliphatic heterocycles. The number of hydrogen-bond acceptors (Lipinski definition) is 4. The summed E-state index contributed by atoms with van der Waals surface area (Å²) in [5.41, 5.74) is 0.618. The van der Waals surface area contributed by atoms with Crippen molar-refractivity contribution in [3.8, 4) is 0 Å². The zero-order valence-corrected chi connectivity index (χ0v) is 10.9. The lowest BCUT2D eigenvalue weighted by molar-refractivity contribution is 0.613. The number of hydrogen-bond donors (Lipinski definition) is 1. The smallest absolute Gasteiger partial charge is 0.146 e. The van der Waals surface area contributed by atoms with Crippen LogP contribution in [0.4, 0.5) is 10.2 Å². The third-order valence-corrected chi connectivity index (χ3v) is 3.10. The van der Waals surface area contributed by atoms with Crippen LogP contribution in [-0.2, 0) is 6.54 Å². The van der Waals surface area contributed by atoms with Gasteiger partial charge in [-0.05, 0) is 11.8 Å². The summed E-state index contributed by atoms with van der Waals surface area (Å²) >= 11 is 1.63. The number of aromatic nitrogens is 2. The molecule has 0 spiro atoms. The Bertz CT molecular complexity index is 519. The molecule has 2 aromatic rings. The Morgan fingerprint density at radius 1 is 1.28 bits per heavy atom. The predicted octanol–water partition coefficient (Wildman–Crippen LogP) is 3.34. The van der Waals surface area contributed by atoms with E-state index in [1.807, 2.05) is 6.07 Å². The van der Waals surface area contributed by atoms with Gasteiger partial charge in [-0.25, -0.2) is 9.37 Å². The van der Waals surface area contributed by atoms with Gasteiger partial charge in [0.2, 0.25) is 0 Å². The Morgan fingerprint density at radius 3 is 2.89 bits per heavy atom. The summed E-state index contributed by atoms with van der Waals surface area (Å²) in [7, 11) is 0. The summed E-state index contributed by atoms with van der Waals surface area (Å²) in [5.74, 6) is 1.40. The number of benzene rings is 1. The van der Waals surface area contributed by atoms with Gasteiger partial charge in [0.05, 0.1) is 12.4 Å². The van der Waals surface area contributed by atoms with Crippen molar-refractivity contribution in [1.29, 1.82) is 0 Å². The Morgan fingerprint density at radius 2 is 2.11 bits per heavy atom. The fraction of sp³-hybridized carbons (Fsp3) is 0.231. The minimum Gasteiger partial charge on any atom is -0.365 e. The van der Waals surface area contributed by atoms with Gasteiger partial charge in [0.25, 0.3) is 0 Å². The maximum atomic E-state index is 13.4. The topological polar surface area (TPSA) is 37.8 Å². The van der Waals surface area contributed by atoms with E-state index < -0.39 is 0 Å². The highest BCUT2D eigenvalue weighted by Gasteiger charge is 2.02. The Balaban J connectivity index is 2.02. The zero-order chi connectivity index (χ0) is 12.8. The van der Waals surface area contributed by atoms with Crippen LogP contribution < -0.4 is 5.32 Å². The van der Waals surface area contributed by atoms with E-state index in [1.54, 1.807) is 36.3 Å². The molecule has 0 atom stereocenters. The minimum absolute atomic E-state index is 0.211. The molecule has 5 heteroatoms. The van der Waals surface area contributed by atoms with Crippen molar-refractivity contribution in [3.05, 3.63) is 48.0 Å². The van der Waals surface area contributed by atoms with Gasteiger partial charge in [-0.1, -0.05) is 25.1 Å². The molecule has 1 heterocycles. The van der Waals surface area contributed by atoms with Gasteiger partial charge < -0.3 is 5.32 Å². The monoisotopic (exact) mass is 263 g/mol. The largest absolute Gasteiger partial charge is 0.365 e. The fourth-order valence-electron chi connectivity index (χ4n) is 1.48. The van der Waals surface area contributed by atoms with Crippen LogP contribution in [0.1, 0.15) is 12.5 Å². The van der Waals surface area contributed by atoms with Crippen LogP contribution in [0, 0.1) is 5.82 Å². The van der Waals surface area contributed by atoms with Gasteiger partial charge in [0.1, 0.15) is 16.7 Å². The highest BCUT2D eigenvalue weighted by atomic mass is 32.2. The predicted molar refractivity (Wildman–Crippen MR) is 72.2 cm³/mol. The molecular formula is C13H14FN3S. The molecule has 2 rings (SSSR count). The maximum Gasteiger partial charge on any atom is 0.146 e. The molecule has 0 saturated heterocycles. The molecule has 0 amide bonds. The van der Waals surface area contributed by atoms with Crippen molar-refractivity contribution in [2.45, 2.75) is 18.5 Å². The van der Waals surface area contributed by atoms with Crippen LogP contribution in [-0.4, -0.2) is 15.7 Å². The number of halogens is 1. The fourth-order valence-corrected chi connectivity index (χ4v) is 2.07. The van der Waals surface area contributed by atoms with E-state index >= 15 is 0 Å². The van der Waals surface area contributed by atoms with Crippen LogP contribution in [0.2, 0.25) is 0 Å². The van der Waals surface area contributed by atoms with E-state index in [-0.39, 0.29) is 5.82 Å². The first kappa shape index (κ1) is 12.8. The van der Waals surface area contributed by atoms with Crippen molar-refractivity contribution >= 4 is 17.6 Å². The molecule has 1 N–H and O–H groups in total. The van der Waals surface area contributed by atoms with Gasteiger partial charge in [-0.15, -0.1) is 11.8 Å². The second-order valence-electron chi connectivity index (χ2n) is 3.62. The van der Waals surface area contributed by atoms with Crippen molar-refractivity contribution in [2.24, 2.45) is 0 Å². The van der Waals surface area contributed by atoms with Gasteiger partial charge in [0.15, 0.2) is 0 Å². The third kappa shape index (κ3) is 3.43. The van der Waals surface area contributed by atoms with Crippen molar-refractivity contribution in [3.63, 3.8) is 0 Å². The van der Waals surface area contributed by atoms with Gasteiger partial charge in [-0.2, -0.15) is 0 Å². The molecule has 0 saturated carbocycles. The van der Waals surface area contributed by atoms with E-state index in [0.717, 1.165) is 10.8 Å². The maximum absolute atomic E-state index is 13.4. The molecule has 18 heavy (non-hydrogen) atoms. The van der Waals surface area contributed by atoms with Gasteiger partial charge in [-0.3, -0.25) is 4.98 Å². The van der Waals surface area contributed by atoms with Gasteiger partial charge in [0, 0.05) is 12.1 Å². The summed E-state index contributed by atoms with van der Waals surface area (Å²) < 4.78 is 13.4. The Hall–Kier alpha value is -1.62. The molecule has 3 nitrogen and oxygen atoms in total. The van der Waals surface area contributed by atoms with Crippen molar-refractivity contribution in [1.82, 2.24) is 9.97 Å². The second kappa shape index (κ2) is 6.35. The number of nitrogens with zero attached hydrogens (tertiary/aromatic N) is 2. The lowest BCUT2D eigenvalue weighted by Crippen LogP contribution is -2.04. The quantitative estimate of drug-likeness (QED) is 0.840. The van der Waals surface area contributed by atoms with E-state index in [9.17, 15) is 4.39 Å². The molecule has 1 aromatic carbocycles. The molecule has 0 unspecified atom stereocenters. The molecule has 1 aromatic heterocycles. The van der Waals surface area contributed by atoms with E-state index in [0.29, 0.717) is 17.9 Å². The molecule has 0 fully saturated rings. The van der Waals surface area contributed by atoms with E-state index in [2.05, 4.69) is 22.2 Å². The molecule has 0 aliphatic carbocycles. The normalized spacial score (nSPS) is 10.3. The number of anilines is 1. The Labute approximate surface area is 110 Å². The third-order valence-electron chi connectivity index (χ3n) is 2.32. The summed E-state index contributed by atoms with van der Waals surface area (Å²) in [6.07, 6.45) is 3.36. The number of thioether (sulfide) groups is 1. The molecular weight excluding hydrogens is 249 g/mol. The number of nitrogens with one attached hydrogen (secondary N) is 1. The SMILES string of the molecule is CCSc1cncc(NCc2ccccc2F)n1. The van der Waals surface area contributed by atoms with Gasteiger partial charge >= 0.3 is 0 Å². The highest BCUT2D eigenvalue weighted by molar-refractivity contribution is 7.99.